The van der Waals surface area contributed by atoms with E-state index < -0.39 is 41.0 Å². The van der Waals surface area contributed by atoms with Crippen molar-refractivity contribution in [3.05, 3.63) is 29.6 Å². The summed E-state index contributed by atoms with van der Waals surface area (Å²) in [6.45, 7) is 0.996. The van der Waals surface area contributed by atoms with Gasteiger partial charge in [0, 0.05) is 0 Å². The molecule has 0 spiro atoms. The molecule has 0 unspecified atom stereocenters. The maximum Gasteiger partial charge on any atom is 0.413 e. The van der Waals surface area contributed by atoms with E-state index in [4.69, 9.17) is 0 Å². The molecule has 2 N–H and O–H groups in total. The van der Waals surface area contributed by atoms with E-state index in [0.29, 0.717) is 6.07 Å². The van der Waals surface area contributed by atoms with Crippen LogP contribution < -0.4 is 10.6 Å². The average molecular weight is 347 g/mol. The van der Waals surface area contributed by atoms with Crippen molar-refractivity contribution in [1.82, 2.24) is 10.2 Å². The topological polar surface area (TPSA) is 87.7 Å². The lowest BCUT2D eigenvalue weighted by molar-refractivity contribution is -0.122. The van der Waals surface area contributed by atoms with E-state index in [0.717, 1.165) is 6.07 Å². The molecule has 0 heterocycles. The monoisotopic (exact) mass is 347 g/mol. The summed E-state index contributed by atoms with van der Waals surface area (Å²) in [4.78, 5) is 35.5. The Morgan fingerprint density at radius 2 is 1.71 bits per heavy atom. The van der Waals surface area contributed by atoms with Gasteiger partial charge < -0.3 is 10.1 Å². The number of imide groups is 1. The highest BCUT2D eigenvalue weighted by Crippen LogP contribution is 2.19. The third-order valence-electron chi connectivity index (χ3n) is 2.65. The molecule has 7 nitrogen and oxygen atoms in total. The summed E-state index contributed by atoms with van der Waals surface area (Å²) in [7, 11) is 1.39. The Labute approximate surface area is 135 Å². The number of hydrogen-bond acceptors (Lipinski definition) is 5. The van der Waals surface area contributed by atoms with Gasteiger partial charge in [0.2, 0.25) is 11.8 Å². The summed E-state index contributed by atoms with van der Waals surface area (Å²) < 4.78 is 43.8. The van der Waals surface area contributed by atoms with Crippen molar-refractivity contribution in [3.8, 4) is 0 Å². The van der Waals surface area contributed by atoms with Crippen LogP contribution in [0.5, 0.6) is 0 Å². The van der Waals surface area contributed by atoms with Crippen LogP contribution in [0.4, 0.5) is 23.7 Å². The van der Waals surface area contributed by atoms with E-state index in [1.807, 2.05) is 5.32 Å². The average Bonchev–Trinajstić information content (AvgIpc) is 2.47. The summed E-state index contributed by atoms with van der Waals surface area (Å²) in [5, 5.41) is 3.99. The summed E-state index contributed by atoms with van der Waals surface area (Å²) in [6.07, 6.45) is -0.913. The number of hydrogen-bond donors (Lipinski definition) is 2. The van der Waals surface area contributed by atoms with Crippen molar-refractivity contribution in [2.45, 2.75) is 6.92 Å². The molecular formula is C14H16F3N3O4. The molecule has 132 valence electrons. The standard InChI is InChI=1S/C14H16F3N3O4/c1-3-24-14(23)19-11(22)7-20(2)6-10(21)18-9-5-4-8(15)12(16)13(9)17/h4-5H,3,6-7H2,1-2H3,(H,18,21)(H,19,22,23). The van der Waals surface area contributed by atoms with Crippen LogP contribution in [0.25, 0.3) is 0 Å². The second-order valence-corrected chi connectivity index (χ2v) is 4.71. The van der Waals surface area contributed by atoms with Crippen LogP contribution in [0.15, 0.2) is 12.1 Å². The zero-order valence-corrected chi connectivity index (χ0v) is 13.0. The molecule has 0 bridgehead atoms. The normalized spacial score (nSPS) is 10.4. The summed E-state index contributed by atoms with van der Waals surface area (Å²) in [5.41, 5.74) is -0.525. The van der Waals surface area contributed by atoms with Gasteiger partial charge in [-0.05, 0) is 26.1 Å². The largest absolute Gasteiger partial charge is 0.450 e. The molecule has 3 amide bonds. The van der Waals surface area contributed by atoms with Crippen molar-refractivity contribution >= 4 is 23.6 Å². The molecule has 1 rings (SSSR count). The number of likely N-dealkylation sites (N-methyl/N-ethyl adjacent to an activating group) is 1. The fourth-order valence-electron chi connectivity index (χ4n) is 1.68. The second-order valence-electron chi connectivity index (χ2n) is 4.71. The SMILES string of the molecule is CCOC(=O)NC(=O)CN(C)CC(=O)Nc1ccc(F)c(F)c1F. The summed E-state index contributed by atoms with van der Waals surface area (Å²) in [5.74, 6) is -6.06. The molecule has 0 aliphatic heterocycles. The lowest BCUT2D eigenvalue weighted by Gasteiger charge is -2.15. The quantitative estimate of drug-likeness (QED) is 0.756. The van der Waals surface area contributed by atoms with Gasteiger partial charge in [-0.1, -0.05) is 0 Å². The molecule has 1 aromatic carbocycles. The Bertz CT molecular complexity index is 640. The molecule has 0 aromatic heterocycles. The maximum atomic E-state index is 13.4. The van der Waals surface area contributed by atoms with Crippen LogP contribution >= 0.6 is 0 Å². The van der Waals surface area contributed by atoms with Gasteiger partial charge in [-0.15, -0.1) is 0 Å². The zero-order chi connectivity index (χ0) is 18.3. The minimum atomic E-state index is -1.70. The van der Waals surface area contributed by atoms with Gasteiger partial charge in [0.1, 0.15) is 0 Å². The number of carbonyl (C=O) groups excluding carboxylic acids is 3. The molecule has 0 radical (unpaired) electrons. The Hall–Kier alpha value is -2.62. The first-order chi connectivity index (χ1) is 11.2. The molecule has 24 heavy (non-hydrogen) atoms. The Kier molecular flexibility index (Phi) is 7.18. The summed E-state index contributed by atoms with van der Waals surface area (Å²) >= 11 is 0. The van der Waals surface area contributed by atoms with Crippen molar-refractivity contribution in [3.63, 3.8) is 0 Å². The van der Waals surface area contributed by atoms with Crippen molar-refractivity contribution in [2.24, 2.45) is 0 Å². The first-order valence-electron chi connectivity index (χ1n) is 6.83. The Morgan fingerprint density at radius 1 is 1.08 bits per heavy atom. The van der Waals surface area contributed by atoms with Crippen LogP contribution in [-0.2, 0) is 14.3 Å². The number of alkyl carbamates (subject to hydrolysis) is 1. The number of halogens is 3. The molecular weight excluding hydrogens is 331 g/mol. The van der Waals surface area contributed by atoms with Gasteiger partial charge in [0.25, 0.3) is 0 Å². The van der Waals surface area contributed by atoms with Gasteiger partial charge >= 0.3 is 6.09 Å². The number of anilines is 1. The smallest absolute Gasteiger partial charge is 0.413 e. The van der Waals surface area contributed by atoms with E-state index in [-0.39, 0.29) is 19.7 Å². The first-order valence-corrected chi connectivity index (χ1v) is 6.83. The lowest BCUT2D eigenvalue weighted by atomic mass is 10.2. The lowest BCUT2D eigenvalue weighted by Crippen LogP contribution is -2.41. The van der Waals surface area contributed by atoms with Gasteiger partial charge in [-0.3, -0.25) is 19.8 Å². The number of amides is 3. The minimum absolute atomic E-state index is 0.0944. The Balaban J connectivity index is 2.51. The van der Waals surface area contributed by atoms with E-state index in [9.17, 15) is 27.6 Å². The summed E-state index contributed by atoms with van der Waals surface area (Å²) in [6, 6.07) is 1.55. The number of rotatable bonds is 6. The minimum Gasteiger partial charge on any atom is -0.450 e. The molecule has 10 heteroatoms. The van der Waals surface area contributed by atoms with Crippen LogP contribution in [0.2, 0.25) is 0 Å². The van der Waals surface area contributed by atoms with E-state index >= 15 is 0 Å². The fraction of sp³-hybridized carbons (Fsp3) is 0.357. The highest BCUT2D eigenvalue weighted by Gasteiger charge is 2.17. The molecule has 0 aliphatic rings. The third kappa shape index (κ3) is 5.88. The van der Waals surface area contributed by atoms with Gasteiger partial charge in [-0.25, -0.2) is 18.0 Å². The van der Waals surface area contributed by atoms with Crippen molar-refractivity contribution in [1.29, 1.82) is 0 Å². The molecule has 0 saturated carbocycles. The van der Waals surface area contributed by atoms with Crippen LogP contribution in [0, 0.1) is 17.5 Å². The molecule has 0 atom stereocenters. The van der Waals surface area contributed by atoms with Crippen molar-refractivity contribution < 1.29 is 32.3 Å². The molecule has 0 saturated heterocycles. The maximum absolute atomic E-state index is 13.4. The fourth-order valence-corrected chi connectivity index (χ4v) is 1.68. The van der Waals surface area contributed by atoms with Crippen LogP contribution in [0.1, 0.15) is 6.92 Å². The van der Waals surface area contributed by atoms with E-state index in [1.165, 1.54) is 11.9 Å². The number of benzene rings is 1. The number of nitrogens with one attached hydrogen (secondary N) is 2. The number of nitrogens with zero attached hydrogens (tertiary/aromatic N) is 1. The van der Waals surface area contributed by atoms with E-state index in [1.54, 1.807) is 6.92 Å². The molecule has 0 aliphatic carbocycles. The number of ether oxygens (including phenoxy) is 1. The van der Waals surface area contributed by atoms with Gasteiger partial charge in [0.15, 0.2) is 17.5 Å². The molecule has 1 aromatic rings. The van der Waals surface area contributed by atoms with Gasteiger partial charge in [0.05, 0.1) is 25.4 Å². The second kappa shape index (κ2) is 8.87. The van der Waals surface area contributed by atoms with Crippen LogP contribution in [0.3, 0.4) is 0 Å². The first kappa shape index (κ1) is 19.4. The van der Waals surface area contributed by atoms with Crippen LogP contribution in [-0.4, -0.2) is 49.6 Å². The zero-order valence-electron chi connectivity index (χ0n) is 13.0. The number of carbonyl (C=O) groups is 3. The molecule has 0 fully saturated rings. The van der Waals surface area contributed by atoms with E-state index in [2.05, 4.69) is 10.1 Å². The predicted octanol–water partition coefficient (Wildman–Crippen LogP) is 1.25. The Morgan fingerprint density at radius 3 is 2.33 bits per heavy atom. The highest BCUT2D eigenvalue weighted by atomic mass is 19.2. The van der Waals surface area contributed by atoms with Gasteiger partial charge in [-0.2, -0.15) is 0 Å². The highest BCUT2D eigenvalue weighted by molar-refractivity contribution is 5.94. The van der Waals surface area contributed by atoms with Crippen molar-refractivity contribution in [2.75, 3.05) is 32.1 Å². The third-order valence-corrected chi connectivity index (χ3v) is 2.65. The predicted molar refractivity (Wildman–Crippen MR) is 77.6 cm³/mol.